The molecule has 186 valence electrons. The van der Waals surface area contributed by atoms with Gasteiger partial charge in [-0.15, -0.1) is 0 Å². The maximum Gasteiger partial charge on any atom is 0.224 e. The minimum Gasteiger partial charge on any atom is -0.326 e. The van der Waals surface area contributed by atoms with Crippen LogP contribution in [0.5, 0.6) is 0 Å². The minimum atomic E-state index is 0.00942. The van der Waals surface area contributed by atoms with Crippen molar-refractivity contribution in [2.45, 2.75) is 44.9 Å². The molecule has 8 heteroatoms. The molecule has 2 amide bonds. The van der Waals surface area contributed by atoms with Gasteiger partial charge in [-0.1, -0.05) is 30.7 Å². The molecular weight excluding hydrogens is 444 g/mol. The molecule has 0 fully saturated rings. The number of amides is 2. The highest BCUT2D eigenvalue weighted by molar-refractivity contribution is 6.00. The summed E-state index contributed by atoms with van der Waals surface area (Å²) in [7, 11) is 0. The molecule has 0 spiro atoms. The number of carbonyl (C=O) groups excluding carboxylic acids is 4. The summed E-state index contributed by atoms with van der Waals surface area (Å²) in [6.07, 6.45) is 5.71. The van der Waals surface area contributed by atoms with Crippen molar-refractivity contribution in [2.75, 3.05) is 36.8 Å². The van der Waals surface area contributed by atoms with E-state index in [-0.39, 0.29) is 23.4 Å². The van der Waals surface area contributed by atoms with Crippen LogP contribution >= 0.6 is 0 Å². The van der Waals surface area contributed by atoms with E-state index in [1.807, 2.05) is 6.07 Å². The van der Waals surface area contributed by atoms with Crippen LogP contribution in [0.15, 0.2) is 48.5 Å². The molecule has 2 aromatic rings. The highest BCUT2D eigenvalue weighted by Gasteiger charge is 2.10. The van der Waals surface area contributed by atoms with E-state index in [1.165, 1.54) is 0 Å². The van der Waals surface area contributed by atoms with Crippen LogP contribution in [-0.2, 0) is 9.59 Å². The van der Waals surface area contributed by atoms with Crippen molar-refractivity contribution in [3.05, 3.63) is 59.7 Å². The molecule has 0 radical (unpaired) electrons. The summed E-state index contributed by atoms with van der Waals surface area (Å²) in [5, 5.41) is 11.9. The maximum absolute atomic E-state index is 11.9. The Morgan fingerprint density at radius 1 is 0.543 bits per heavy atom. The van der Waals surface area contributed by atoms with Crippen LogP contribution in [-0.4, -0.2) is 49.6 Å². The van der Waals surface area contributed by atoms with Crippen LogP contribution in [0, 0.1) is 0 Å². The average molecular weight is 479 g/mol. The first-order valence-electron chi connectivity index (χ1n) is 12.3. The number of benzene rings is 2. The van der Waals surface area contributed by atoms with E-state index < -0.39 is 0 Å². The zero-order valence-electron chi connectivity index (χ0n) is 20.0. The molecule has 2 aromatic carbocycles. The van der Waals surface area contributed by atoms with Crippen molar-refractivity contribution in [1.82, 2.24) is 10.6 Å². The van der Waals surface area contributed by atoms with Crippen molar-refractivity contribution in [2.24, 2.45) is 0 Å². The lowest BCUT2D eigenvalue weighted by atomic mass is 10.1. The number of Topliss-reactive ketones (excluding diaryl/α,β-unsaturated/α-hetero) is 2. The molecule has 0 saturated heterocycles. The van der Waals surface area contributed by atoms with Crippen LogP contribution in [0.4, 0.5) is 11.4 Å². The van der Waals surface area contributed by atoms with E-state index in [9.17, 15) is 19.2 Å². The summed E-state index contributed by atoms with van der Waals surface area (Å²) < 4.78 is 0. The smallest absolute Gasteiger partial charge is 0.224 e. The predicted octanol–water partition coefficient (Wildman–Crippen LogP) is 3.55. The van der Waals surface area contributed by atoms with E-state index in [0.717, 1.165) is 45.2 Å². The first kappa shape index (κ1) is 26.2. The number of nitrogens with one attached hydrogen (secondary N) is 4. The monoisotopic (exact) mass is 478 g/mol. The molecule has 35 heavy (non-hydrogen) atoms. The Balaban J connectivity index is 0.000000196. The van der Waals surface area contributed by atoms with Gasteiger partial charge in [0.1, 0.15) is 0 Å². The third-order valence-electron chi connectivity index (χ3n) is 5.77. The van der Waals surface area contributed by atoms with Crippen LogP contribution in [0.2, 0.25) is 0 Å². The zero-order valence-corrected chi connectivity index (χ0v) is 20.0. The Kier molecular flexibility index (Phi) is 10.6. The second kappa shape index (κ2) is 14.1. The number of ketones is 2. The number of hydrogen-bond donors (Lipinski definition) is 4. The highest BCUT2D eigenvalue weighted by Crippen LogP contribution is 2.14. The zero-order chi connectivity index (χ0) is 24.9. The van der Waals surface area contributed by atoms with Gasteiger partial charge in [0.05, 0.1) is 13.1 Å². The summed E-state index contributed by atoms with van der Waals surface area (Å²) in [5.74, 6) is 0.147. The van der Waals surface area contributed by atoms with Gasteiger partial charge in [0.2, 0.25) is 11.8 Å². The van der Waals surface area contributed by atoms with Gasteiger partial charge in [-0.05, 0) is 63.0 Å². The van der Waals surface area contributed by atoms with Gasteiger partial charge in [-0.25, -0.2) is 0 Å². The van der Waals surface area contributed by atoms with E-state index in [1.54, 1.807) is 42.5 Å². The molecule has 2 aliphatic heterocycles. The Hall–Kier alpha value is -3.36. The second-order valence-electron chi connectivity index (χ2n) is 8.73. The fraction of sp³-hybridized carbons (Fsp3) is 0.407. The first-order chi connectivity index (χ1) is 17.0. The SMILES string of the molecule is O=C1CCCCCNCC(=O)c2cccc(c2)N1.O=C1CCCCNCC(=O)c2cccc(c2)N1. The van der Waals surface area contributed by atoms with E-state index in [2.05, 4.69) is 21.3 Å². The van der Waals surface area contributed by atoms with Gasteiger partial charge in [-0.3, -0.25) is 19.2 Å². The van der Waals surface area contributed by atoms with Crippen LogP contribution in [0.3, 0.4) is 0 Å². The van der Waals surface area contributed by atoms with E-state index in [0.29, 0.717) is 48.4 Å². The second-order valence-corrected chi connectivity index (χ2v) is 8.73. The molecule has 8 nitrogen and oxygen atoms in total. The van der Waals surface area contributed by atoms with Crippen molar-refractivity contribution in [3.8, 4) is 0 Å². The van der Waals surface area contributed by atoms with Crippen molar-refractivity contribution < 1.29 is 19.2 Å². The van der Waals surface area contributed by atoms with Gasteiger partial charge in [0.25, 0.3) is 0 Å². The minimum absolute atomic E-state index is 0.00942. The van der Waals surface area contributed by atoms with Gasteiger partial charge in [-0.2, -0.15) is 0 Å². The van der Waals surface area contributed by atoms with Crippen molar-refractivity contribution in [1.29, 1.82) is 0 Å². The van der Waals surface area contributed by atoms with Gasteiger partial charge in [0, 0.05) is 35.3 Å². The third kappa shape index (κ3) is 9.42. The largest absolute Gasteiger partial charge is 0.326 e. The maximum atomic E-state index is 11.9. The molecule has 0 aliphatic carbocycles. The van der Waals surface area contributed by atoms with Crippen LogP contribution in [0.1, 0.15) is 65.7 Å². The lowest BCUT2D eigenvalue weighted by molar-refractivity contribution is -0.117. The molecule has 0 saturated carbocycles. The average Bonchev–Trinajstić information content (AvgIpc) is 2.85. The molecule has 4 rings (SSSR count). The van der Waals surface area contributed by atoms with Gasteiger partial charge >= 0.3 is 0 Å². The summed E-state index contributed by atoms with van der Waals surface area (Å²) in [5.41, 5.74) is 2.67. The van der Waals surface area contributed by atoms with Crippen LogP contribution in [0.25, 0.3) is 0 Å². The Morgan fingerprint density at radius 2 is 1.00 bits per heavy atom. The molecule has 0 aromatic heterocycles. The highest BCUT2D eigenvalue weighted by atomic mass is 16.2. The number of hydrogen-bond acceptors (Lipinski definition) is 6. The molecule has 0 unspecified atom stereocenters. The fourth-order valence-corrected chi connectivity index (χ4v) is 3.84. The molecule has 4 N–H and O–H groups in total. The third-order valence-corrected chi connectivity index (χ3v) is 5.77. The Bertz CT molecular complexity index is 1040. The topological polar surface area (TPSA) is 116 Å². The summed E-state index contributed by atoms with van der Waals surface area (Å²) in [6.45, 7) is 2.32. The normalized spacial score (nSPS) is 18.1. The molecule has 2 heterocycles. The molecule has 4 bridgehead atoms. The molecule has 2 aliphatic rings. The molecule has 0 atom stereocenters. The number of carbonyl (C=O) groups is 4. The Labute approximate surface area is 206 Å². The summed E-state index contributed by atoms with van der Waals surface area (Å²) in [6, 6.07) is 14.2. The quantitative estimate of drug-likeness (QED) is 0.460. The predicted molar refractivity (Wildman–Crippen MR) is 137 cm³/mol. The molecular formula is C27H34N4O4. The van der Waals surface area contributed by atoms with Gasteiger partial charge in [0.15, 0.2) is 11.6 Å². The number of rotatable bonds is 0. The van der Waals surface area contributed by atoms with Crippen LogP contribution < -0.4 is 21.3 Å². The summed E-state index contributed by atoms with van der Waals surface area (Å²) >= 11 is 0. The summed E-state index contributed by atoms with van der Waals surface area (Å²) in [4.78, 5) is 46.9. The first-order valence-corrected chi connectivity index (χ1v) is 12.3. The van der Waals surface area contributed by atoms with E-state index >= 15 is 0 Å². The number of anilines is 2. The lowest BCUT2D eigenvalue weighted by Gasteiger charge is -2.10. The fourth-order valence-electron chi connectivity index (χ4n) is 3.84. The van der Waals surface area contributed by atoms with Gasteiger partial charge < -0.3 is 21.3 Å². The van der Waals surface area contributed by atoms with Crippen molar-refractivity contribution in [3.63, 3.8) is 0 Å². The lowest BCUT2D eigenvalue weighted by Crippen LogP contribution is -2.25. The van der Waals surface area contributed by atoms with Crippen molar-refractivity contribution >= 4 is 34.8 Å². The standard InChI is InChI=1S/C14H18N2O2.C13H16N2O2/c17-13-10-15-8-3-1-2-7-14(18)16-12-6-4-5-11(13)9-12;16-12-9-14-7-2-1-6-13(17)15-11-5-3-4-10(12)8-11/h4-6,9,15H,1-3,7-8,10H2,(H,16,18);3-5,8,14H,1-2,6-7,9H2,(H,15,17). The van der Waals surface area contributed by atoms with E-state index in [4.69, 9.17) is 0 Å². The Morgan fingerprint density at radius 3 is 1.51 bits per heavy atom. The number of fused-ring (bicyclic) bond motifs is 4.